The predicted molar refractivity (Wildman–Crippen MR) is 134 cm³/mol. The number of ether oxygens (including phenoxy) is 2. The third-order valence-electron chi connectivity index (χ3n) is 5.84. The number of hydrogen-bond acceptors (Lipinski definition) is 5. The minimum atomic E-state index is -0.662. The summed E-state index contributed by atoms with van der Waals surface area (Å²) in [5, 5.41) is 2.89. The second kappa shape index (κ2) is 11.0. The van der Waals surface area contributed by atoms with Gasteiger partial charge in [0.05, 0.1) is 23.8 Å². The topological polar surface area (TPSA) is 84.9 Å². The first-order chi connectivity index (χ1) is 16.5. The van der Waals surface area contributed by atoms with Crippen LogP contribution in [0, 0.1) is 5.41 Å². The first-order valence-corrected chi connectivity index (χ1v) is 12.0. The highest BCUT2D eigenvalue weighted by Crippen LogP contribution is 2.29. The maximum absolute atomic E-state index is 12.9. The van der Waals surface area contributed by atoms with Gasteiger partial charge in [0, 0.05) is 13.2 Å². The van der Waals surface area contributed by atoms with Crippen molar-refractivity contribution in [1.82, 2.24) is 10.2 Å². The van der Waals surface area contributed by atoms with Gasteiger partial charge in [0.1, 0.15) is 5.60 Å². The SMILES string of the molecule is CC(C)(CCOCc1ccccc1)CC(CN1C(=O)c2ccccc2C1=O)NC(=O)OC(C)(C)C. The minimum Gasteiger partial charge on any atom is -0.444 e. The second-order valence-corrected chi connectivity index (χ2v) is 10.8. The van der Waals surface area contributed by atoms with Crippen LogP contribution in [0.25, 0.3) is 0 Å². The van der Waals surface area contributed by atoms with Gasteiger partial charge in [-0.15, -0.1) is 0 Å². The molecule has 0 aliphatic carbocycles. The van der Waals surface area contributed by atoms with Gasteiger partial charge in [0.25, 0.3) is 11.8 Å². The number of benzene rings is 2. The molecule has 3 rings (SSSR count). The predicted octanol–water partition coefficient (Wildman–Crippen LogP) is 5.20. The molecule has 1 heterocycles. The molecule has 1 aliphatic heterocycles. The number of imide groups is 1. The van der Waals surface area contributed by atoms with E-state index in [-0.39, 0.29) is 23.8 Å². The molecule has 0 saturated heterocycles. The number of rotatable bonds is 10. The lowest BCUT2D eigenvalue weighted by atomic mass is 9.82. The van der Waals surface area contributed by atoms with E-state index in [0.717, 1.165) is 12.0 Å². The van der Waals surface area contributed by atoms with E-state index in [2.05, 4.69) is 19.2 Å². The van der Waals surface area contributed by atoms with Crippen LogP contribution in [-0.2, 0) is 16.1 Å². The van der Waals surface area contributed by atoms with E-state index in [1.165, 1.54) is 4.90 Å². The molecule has 188 valence electrons. The summed E-state index contributed by atoms with van der Waals surface area (Å²) in [6.45, 7) is 10.7. The summed E-state index contributed by atoms with van der Waals surface area (Å²) >= 11 is 0. The van der Waals surface area contributed by atoms with Crippen LogP contribution in [0.1, 0.15) is 73.7 Å². The summed E-state index contributed by atoms with van der Waals surface area (Å²) in [5.74, 6) is -0.684. The van der Waals surface area contributed by atoms with Gasteiger partial charge in [0.2, 0.25) is 0 Å². The highest BCUT2D eigenvalue weighted by molar-refractivity contribution is 6.21. The highest BCUT2D eigenvalue weighted by Gasteiger charge is 2.38. The van der Waals surface area contributed by atoms with Crippen molar-refractivity contribution in [2.75, 3.05) is 13.2 Å². The molecular formula is C28H36N2O5. The van der Waals surface area contributed by atoms with Crippen LogP contribution < -0.4 is 5.32 Å². The zero-order valence-electron chi connectivity index (χ0n) is 21.3. The first-order valence-electron chi connectivity index (χ1n) is 12.0. The molecule has 3 amide bonds. The standard InChI is InChI=1S/C28H36N2O5/c1-27(2,3)35-26(33)29-21(18-30-24(31)22-13-9-10-14-23(22)25(30)32)17-28(4,5)15-16-34-19-20-11-7-6-8-12-20/h6-14,21H,15-19H2,1-5H3,(H,29,33). The van der Waals surface area contributed by atoms with Crippen molar-refractivity contribution in [3.8, 4) is 0 Å². The van der Waals surface area contributed by atoms with Crippen molar-refractivity contribution in [3.05, 3.63) is 71.3 Å². The molecule has 0 fully saturated rings. The molecule has 1 N–H and O–H groups in total. The summed E-state index contributed by atoms with van der Waals surface area (Å²) < 4.78 is 11.3. The molecule has 1 aliphatic rings. The Morgan fingerprint density at radius 3 is 2.06 bits per heavy atom. The summed E-state index contributed by atoms with van der Waals surface area (Å²) in [6.07, 6.45) is 0.707. The van der Waals surface area contributed by atoms with E-state index >= 15 is 0 Å². The monoisotopic (exact) mass is 480 g/mol. The van der Waals surface area contributed by atoms with Gasteiger partial charge < -0.3 is 14.8 Å². The number of carbonyl (C=O) groups excluding carboxylic acids is 3. The molecule has 35 heavy (non-hydrogen) atoms. The Labute approximate surface area is 207 Å². The van der Waals surface area contributed by atoms with E-state index in [0.29, 0.717) is 30.8 Å². The molecule has 2 aromatic rings. The van der Waals surface area contributed by atoms with E-state index in [1.54, 1.807) is 45.0 Å². The van der Waals surface area contributed by atoms with Crippen molar-refractivity contribution in [3.63, 3.8) is 0 Å². The van der Waals surface area contributed by atoms with Crippen molar-refractivity contribution in [2.24, 2.45) is 5.41 Å². The highest BCUT2D eigenvalue weighted by atomic mass is 16.6. The van der Waals surface area contributed by atoms with Crippen LogP contribution >= 0.6 is 0 Å². The number of hydrogen-bond donors (Lipinski definition) is 1. The Kier molecular flexibility index (Phi) is 8.33. The number of nitrogens with zero attached hydrogens (tertiary/aromatic N) is 1. The second-order valence-electron chi connectivity index (χ2n) is 10.8. The van der Waals surface area contributed by atoms with E-state index < -0.39 is 17.7 Å². The Morgan fingerprint density at radius 2 is 1.49 bits per heavy atom. The Morgan fingerprint density at radius 1 is 0.914 bits per heavy atom. The molecule has 0 saturated carbocycles. The molecule has 0 bridgehead atoms. The Bertz CT molecular complexity index is 1010. The number of nitrogens with one attached hydrogen (secondary N) is 1. The van der Waals surface area contributed by atoms with Gasteiger partial charge in [-0.1, -0.05) is 56.3 Å². The van der Waals surface area contributed by atoms with Gasteiger partial charge in [-0.2, -0.15) is 0 Å². The van der Waals surface area contributed by atoms with Crippen LogP contribution in [0.5, 0.6) is 0 Å². The van der Waals surface area contributed by atoms with Gasteiger partial charge >= 0.3 is 6.09 Å². The van der Waals surface area contributed by atoms with Crippen LogP contribution in [0.4, 0.5) is 4.79 Å². The zero-order chi connectivity index (χ0) is 25.6. The van der Waals surface area contributed by atoms with Crippen molar-refractivity contribution in [1.29, 1.82) is 0 Å². The quantitative estimate of drug-likeness (QED) is 0.373. The summed E-state index contributed by atoms with van der Waals surface area (Å²) in [4.78, 5) is 39.6. The third kappa shape index (κ3) is 7.65. The van der Waals surface area contributed by atoms with Crippen LogP contribution in [0.15, 0.2) is 54.6 Å². The van der Waals surface area contributed by atoms with Crippen molar-refractivity contribution >= 4 is 17.9 Å². The maximum Gasteiger partial charge on any atom is 0.407 e. The lowest BCUT2D eigenvalue weighted by molar-refractivity contribution is 0.0430. The van der Waals surface area contributed by atoms with Gasteiger partial charge in [-0.25, -0.2) is 4.79 Å². The summed E-state index contributed by atoms with van der Waals surface area (Å²) in [5.41, 5.74) is 1.00. The summed E-state index contributed by atoms with van der Waals surface area (Å²) in [6, 6.07) is 16.3. The molecule has 0 aromatic heterocycles. The lowest BCUT2D eigenvalue weighted by Gasteiger charge is -2.32. The van der Waals surface area contributed by atoms with Crippen molar-refractivity contribution in [2.45, 2.75) is 65.7 Å². The average Bonchev–Trinajstić information content (AvgIpc) is 3.01. The van der Waals surface area contributed by atoms with Crippen LogP contribution in [-0.4, -0.2) is 47.6 Å². The molecule has 0 spiro atoms. The summed E-state index contributed by atoms with van der Waals surface area (Å²) in [7, 11) is 0. The normalized spacial score (nSPS) is 14.6. The number of carbonyl (C=O) groups is 3. The minimum absolute atomic E-state index is 0.0693. The molecule has 1 unspecified atom stereocenters. The molecule has 7 heteroatoms. The smallest absolute Gasteiger partial charge is 0.407 e. The van der Waals surface area contributed by atoms with E-state index in [1.807, 2.05) is 30.3 Å². The van der Waals surface area contributed by atoms with Gasteiger partial charge in [-0.3, -0.25) is 14.5 Å². The van der Waals surface area contributed by atoms with Gasteiger partial charge in [-0.05, 0) is 56.7 Å². The first kappa shape index (κ1) is 26.4. The lowest BCUT2D eigenvalue weighted by Crippen LogP contribution is -2.48. The fourth-order valence-electron chi connectivity index (χ4n) is 4.14. The van der Waals surface area contributed by atoms with Crippen LogP contribution in [0.3, 0.4) is 0 Å². The fraction of sp³-hybridized carbons (Fsp3) is 0.464. The van der Waals surface area contributed by atoms with E-state index in [9.17, 15) is 14.4 Å². The Hall–Kier alpha value is -3.19. The molecular weight excluding hydrogens is 444 g/mol. The molecule has 2 aromatic carbocycles. The Balaban J connectivity index is 1.65. The third-order valence-corrected chi connectivity index (χ3v) is 5.84. The van der Waals surface area contributed by atoms with Crippen molar-refractivity contribution < 1.29 is 23.9 Å². The molecule has 1 atom stereocenters. The molecule has 0 radical (unpaired) electrons. The number of amides is 3. The fourth-order valence-corrected chi connectivity index (χ4v) is 4.14. The van der Waals surface area contributed by atoms with Gasteiger partial charge in [0.15, 0.2) is 0 Å². The largest absolute Gasteiger partial charge is 0.444 e. The number of fused-ring (bicyclic) bond motifs is 1. The van der Waals surface area contributed by atoms with Crippen LogP contribution in [0.2, 0.25) is 0 Å². The zero-order valence-corrected chi connectivity index (χ0v) is 21.3. The number of alkyl carbamates (subject to hydrolysis) is 1. The molecule has 7 nitrogen and oxygen atoms in total. The van der Waals surface area contributed by atoms with E-state index in [4.69, 9.17) is 9.47 Å². The maximum atomic E-state index is 12.9. The average molecular weight is 481 g/mol.